The molecule has 4 aromatic heterocycles. The molecular weight excluding hydrogens is 653 g/mol. The number of para-hydroxylation sites is 2. The molecule has 0 spiro atoms. The van der Waals surface area contributed by atoms with Crippen molar-refractivity contribution in [3.63, 3.8) is 0 Å². The van der Waals surface area contributed by atoms with E-state index in [9.17, 15) is 0 Å². The first-order valence-electron chi connectivity index (χ1n) is 17.5. The fourth-order valence-corrected chi connectivity index (χ4v) is 8.98. The highest BCUT2D eigenvalue weighted by Gasteiger charge is 2.19. The summed E-state index contributed by atoms with van der Waals surface area (Å²) in [5.74, 6) is 1.51. The maximum Gasteiger partial charge on any atom is 0.162 e. The monoisotopic (exact) mass is 680 g/mol. The molecule has 0 unspecified atom stereocenters. The molecule has 0 aliphatic carbocycles. The Labute approximate surface area is 302 Å². The summed E-state index contributed by atoms with van der Waals surface area (Å²) in [6.45, 7) is 0. The summed E-state index contributed by atoms with van der Waals surface area (Å²) in [7, 11) is 0. The highest BCUT2D eigenvalue weighted by Crippen LogP contribution is 2.44. The van der Waals surface area contributed by atoms with Crippen molar-refractivity contribution in [2.24, 2.45) is 0 Å². The molecule has 0 atom stereocenters. The van der Waals surface area contributed by atoms with E-state index in [1.54, 1.807) is 0 Å². The first kappa shape index (κ1) is 29.1. The van der Waals surface area contributed by atoms with Crippen LogP contribution in [0.25, 0.3) is 103 Å². The highest BCUT2D eigenvalue weighted by molar-refractivity contribution is 7.26. The van der Waals surface area contributed by atoms with Crippen molar-refractivity contribution in [3.05, 3.63) is 170 Å². The van der Waals surface area contributed by atoms with E-state index in [2.05, 4.69) is 156 Å². The molecular formula is C47H28N4S. The summed E-state index contributed by atoms with van der Waals surface area (Å²) in [4.78, 5) is 15.8. The normalized spacial score (nSPS) is 11.8. The molecule has 52 heavy (non-hydrogen) atoms. The Morgan fingerprint density at radius 1 is 0.404 bits per heavy atom. The fraction of sp³-hybridized carbons (Fsp3) is 0. The molecule has 0 aliphatic rings. The lowest BCUT2D eigenvalue weighted by Gasteiger charge is -2.14. The molecule has 11 aromatic rings. The number of rotatable bonds is 4. The van der Waals surface area contributed by atoms with Crippen molar-refractivity contribution in [1.29, 1.82) is 0 Å². The quantitative estimate of drug-likeness (QED) is 0.174. The molecule has 0 saturated heterocycles. The molecule has 0 amide bonds. The zero-order valence-corrected chi connectivity index (χ0v) is 28.7. The molecule has 5 heteroatoms. The van der Waals surface area contributed by atoms with Crippen LogP contribution in [0.5, 0.6) is 0 Å². The van der Waals surface area contributed by atoms with Gasteiger partial charge < -0.3 is 0 Å². The van der Waals surface area contributed by atoms with Gasteiger partial charge in [0.15, 0.2) is 5.82 Å². The SMILES string of the molecule is c1ccc(-c2nc(-c3ccc4nc(-c5ccccc5)c5ccc6sc7ccccc7c6c5c4c3)cc(-n3c4ccccc4c4ccccc43)n2)cc1. The van der Waals surface area contributed by atoms with Crippen LogP contribution in [-0.4, -0.2) is 19.5 Å². The maximum absolute atomic E-state index is 5.34. The third kappa shape index (κ3) is 4.43. The lowest BCUT2D eigenvalue weighted by Crippen LogP contribution is -2.02. The molecule has 4 nitrogen and oxygen atoms in total. The number of thiophene rings is 1. The lowest BCUT2D eigenvalue weighted by molar-refractivity contribution is 1.05. The van der Waals surface area contributed by atoms with E-state index in [0.717, 1.165) is 61.2 Å². The van der Waals surface area contributed by atoms with Crippen LogP contribution in [0.15, 0.2) is 170 Å². The number of benzene rings is 7. The van der Waals surface area contributed by atoms with E-state index in [0.29, 0.717) is 5.82 Å². The van der Waals surface area contributed by atoms with Crippen LogP contribution < -0.4 is 0 Å². The minimum Gasteiger partial charge on any atom is -0.294 e. The summed E-state index contributed by atoms with van der Waals surface area (Å²) >= 11 is 1.85. The highest BCUT2D eigenvalue weighted by atomic mass is 32.1. The van der Waals surface area contributed by atoms with Gasteiger partial charge in [0, 0.05) is 69.9 Å². The van der Waals surface area contributed by atoms with Crippen LogP contribution >= 0.6 is 11.3 Å². The maximum atomic E-state index is 5.34. The van der Waals surface area contributed by atoms with Gasteiger partial charge in [-0.1, -0.05) is 127 Å². The van der Waals surface area contributed by atoms with Gasteiger partial charge in [0.1, 0.15) is 5.82 Å². The van der Waals surface area contributed by atoms with Gasteiger partial charge in [0.2, 0.25) is 0 Å². The minimum atomic E-state index is 0.684. The number of fused-ring (bicyclic) bond motifs is 10. The van der Waals surface area contributed by atoms with Crippen LogP contribution in [0, 0.1) is 0 Å². The fourth-order valence-electron chi connectivity index (χ4n) is 7.87. The van der Waals surface area contributed by atoms with E-state index in [1.165, 1.54) is 36.3 Å². The summed E-state index contributed by atoms with van der Waals surface area (Å²) in [5.41, 5.74) is 8.13. The van der Waals surface area contributed by atoms with Gasteiger partial charge in [0.25, 0.3) is 0 Å². The van der Waals surface area contributed by atoms with Gasteiger partial charge >= 0.3 is 0 Å². The van der Waals surface area contributed by atoms with Crippen molar-refractivity contribution in [1.82, 2.24) is 19.5 Å². The Balaban J connectivity index is 1.23. The number of aromatic nitrogens is 4. The van der Waals surface area contributed by atoms with E-state index < -0.39 is 0 Å². The Hall–Kier alpha value is -6.69. The predicted molar refractivity (Wildman–Crippen MR) is 218 cm³/mol. The molecule has 0 radical (unpaired) electrons. The topological polar surface area (TPSA) is 43.6 Å². The zero-order chi connectivity index (χ0) is 34.2. The summed E-state index contributed by atoms with van der Waals surface area (Å²) in [5, 5.41) is 8.42. The lowest BCUT2D eigenvalue weighted by atomic mass is 9.95. The summed E-state index contributed by atoms with van der Waals surface area (Å²) in [6.07, 6.45) is 0. The molecule has 0 fully saturated rings. The van der Waals surface area contributed by atoms with E-state index >= 15 is 0 Å². The number of hydrogen-bond acceptors (Lipinski definition) is 4. The molecule has 242 valence electrons. The Morgan fingerprint density at radius 2 is 1.06 bits per heavy atom. The van der Waals surface area contributed by atoms with Crippen molar-refractivity contribution in [3.8, 4) is 39.7 Å². The molecule has 0 aliphatic heterocycles. The molecule has 7 aromatic carbocycles. The Morgan fingerprint density at radius 3 is 1.81 bits per heavy atom. The van der Waals surface area contributed by atoms with Crippen LogP contribution in [0.3, 0.4) is 0 Å². The van der Waals surface area contributed by atoms with Gasteiger partial charge in [-0.3, -0.25) is 4.57 Å². The number of nitrogens with zero attached hydrogens (tertiary/aromatic N) is 4. The van der Waals surface area contributed by atoms with Crippen molar-refractivity contribution >= 4 is 75.0 Å². The van der Waals surface area contributed by atoms with E-state index in [4.69, 9.17) is 15.0 Å². The van der Waals surface area contributed by atoms with Crippen LogP contribution in [-0.2, 0) is 0 Å². The standard InChI is InChI=1S/C47H28N4S/c1-3-13-29(14-4-1)46-35-24-26-42-45(34-19-9-12-22-41(34)52-42)44(35)36-27-31(23-25-37(36)48-46)38-28-43(50-47(49-38)30-15-5-2-6-16-30)51-39-20-10-7-17-32(39)33-18-8-11-21-40(33)51/h1-28H. The van der Waals surface area contributed by atoms with E-state index in [1.807, 2.05) is 29.5 Å². The largest absolute Gasteiger partial charge is 0.294 e. The predicted octanol–water partition coefficient (Wildman–Crippen LogP) is 12.6. The average molecular weight is 681 g/mol. The van der Waals surface area contributed by atoms with Crippen molar-refractivity contribution in [2.45, 2.75) is 0 Å². The van der Waals surface area contributed by atoms with Gasteiger partial charge in [-0.25, -0.2) is 15.0 Å². The second kappa shape index (κ2) is 11.4. The van der Waals surface area contributed by atoms with E-state index in [-0.39, 0.29) is 0 Å². The molecule has 4 heterocycles. The first-order chi connectivity index (χ1) is 25.8. The number of hydrogen-bond donors (Lipinski definition) is 0. The first-order valence-corrected chi connectivity index (χ1v) is 18.3. The van der Waals surface area contributed by atoms with Crippen molar-refractivity contribution in [2.75, 3.05) is 0 Å². The smallest absolute Gasteiger partial charge is 0.162 e. The van der Waals surface area contributed by atoms with Crippen molar-refractivity contribution < 1.29 is 0 Å². The van der Waals surface area contributed by atoms with Gasteiger partial charge in [-0.2, -0.15) is 0 Å². The molecule has 0 bridgehead atoms. The molecule has 11 rings (SSSR count). The Bertz CT molecular complexity index is 3130. The third-order valence-corrected chi connectivity index (χ3v) is 11.3. The van der Waals surface area contributed by atoms with Gasteiger partial charge in [-0.05, 0) is 36.4 Å². The van der Waals surface area contributed by atoms with Crippen LogP contribution in [0.1, 0.15) is 0 Å². The second-order valence-electron chi connectivity index (χ2n) is 13.2. The Kier molecular flexibility index (Phi) is 6.39. The number of pyridine rings is 1. The third-order valence-electron chi connectivity index (χ3n) is 10.2. The zero-order valence-electron chi connectivity index (χ0n) is 27.9. The van der Waals surface area contributed by atoms with Gasteiger partial charge in [0.05, 0.1) is 27.9 Å². The molecule has 0 saturated carbocycles. The minimum absolute atomic E-state index is 0.684. The average Bonchev–Trinajstić information content (AvgIpc) is 3.77. The van der Waals surface area contributed by atoms with Gasteiger partial charge in [-0.15, -0.1) is 11.3 Å². The summed E-state index contributed by atoms with van der Waals surface area (Å²) in [6, 6.07) is 59.9. The molecule has 0 N–H and O–H groups in total. The second-order valence-corrected chi connectivity index (χ2v) is 14.3. The van der Waals surface area contributed by atoms with Crippen LogP contribution in [0.4, 0.5) is 0 Å². The van der Waals surface area contributed by atoms with Crippen LogP contribution in [0.2, 0.25) is 0 Å². The summed E-state index contributed by atoms with van der Waals surface area (Å²) < 4.78 is 4.83.